The predicted molar refractivity (Wildman–Crippen MR) is 161 cm³/mol. The van der Waals surface area contributed by atoms with E-state index < -0.39 is 0 Å². The van der Waals surface area contributed by atoms with Crippen LogP contribution in [0, 0.1) is 0 Å². The Morgan fingerprint density at radius 3 is 2.18 bits per heavy atom. The number of nitrogens with one attached hydrogen (secondary N) is 4. The van der Waals surface area contributed by atoms with Crippen LogP contribution in [0.1, 0.15) is 41.0 Å². The average Bonchev–Trinajstić information content (AvgIpc) is 2.95. The van der Waals surface area contributed by atoms with Crippen LogP contribution in [-0.2, 0) is 0 Å². The highest BCUT2D eigenvalue weighted by Crippen LogP contribution is 2.21. The van der Waals surface area contributed by atoms with E-state index in [-0.39, 0.29) is 23.0 Å². The Morgan fingerprint density at radius 2 is 1.44 bits per heavy atom. The van der Waals surface area contributed by atoms with Crippen LogP contribution in [0.5, 0.6) is 5.75 Å². The summed E-state index contributed by atoms with van der Waals surface area (Å²) in [6, 6.07) is 31.1. The molecule has 0 bridgehead atoms. The Kier molecular flexibility index (Phi) is 9.26. The number of hydrogen-bond donors (Lipinski definition) is 4. The van der Waals surface area contributed by atoms with Gasteiger partial charge in [0.1, 0.15) is 5.75 Å². The first-order chi connectivity index (χ1) is 18.9. The van der Waals surface area contributed by atoms with Crippen molar-refractivity contribution in [2.24, 2.45) is 0 Å². The third-order valence-corrected chi connectivity index (χ3v) is 6.06. The fourth-order valence-electron chi connectivity index (χ4n) is 3.67. The van der Waals surface area contributed by atoms with Gasteiger partial charge in [0.25, 0.3) is 11.8 Å². The van der Waals surface area contributed by atoms with Gasteiger partial charge in [-0.05, 0) is 92.3 Å². The smallest absolute Gasteiger partial charge is 0.257 e. The number of carbonyl (C=O) groups excluding carboxylic acids is 2. The van der Waals surface area contributed by atoms with E-state index in [0.717, 1.165) is 17.8 Å². The summed E-state index contributed by atoms with van der Waals surface area (Å²) in [5, 5.41) is 11.9. The van der Waals surface area contributed by atoms with Gasteiger partial charge in [0.05, 0.1) is 17.4 Å². The van der Waals surface area contributed by atoms with Crippen molar-refractivity contribution in [3.63, 3.8) is 0 Å². The second-order valence-corrected chi connectivity index (χ2v) is 9.25. The molecule has 4 N–H and O–H groups in total. The molecule has 0 aliphatic heterocycles. The lowest BCUT2D eigenvalue weighted by Gasteiger charge is -2.15. The van der Waals surface area contributed by atoms with E-state index in [9.17, 15) is 9.59 Å². The summed E-state index contributed by atoms with van der Waals surface area (Å²) in [6.07, 6.45) is 0.895. The van der Waals surface area contributed by atoms with E-state index in [1.54, 1.807) is 42.5 Å². The topological polar surface area (TPSA) is 91.5 Å². The fraction of sp³-hybridized carbons (Fsp3) is 0.129. The van der Waals surface area contributed by atoms with E-state index in [2.05, 4.69) is 21.3 Å². The van der Waals surface area contributed by atoms with Crippen molar-refractivity contribution in [1.29, 1.82) is 0 Å². The minimum absolute atomic E-state index is 0.0394. The third-order valence-electron chi connectivity index (χ3n) is 5.86. The molecule has 0 radical (unpaired) electrons. The van der Waals surface area contributed by atoms with Crippen molar-refractivity contribution in [3.8, 4) is 5.75 Å². The molecule has 8 heteroatoms. The Hall–Kier alpha value is -4.69. The number of anilines is 4. The standard InChI is InChI=1S/C31H30N4O3S/c1-3-21(2)38-26-13-9-10-22(20-26)29(36)35-31(39)34-28-15-8-7-14-27(28)30(37)33-25-18-16-24(17-19-25)32-23-11-5-4-6-12-23/h4-21,32H,3H2,1-2H3,(H,33,37)(H2,34,35,36,39). The number of amides is 2. The van der Waals surface area contributed by atoms with Gasteiger partial charge < -0.3 is 20.7 Å². The number of rotatable bonds is 9. The lowest BCUT2D eigenvalue weighted by Crippen LogP contribution is -2.34. The highest BCUT2D eigenvalue weighted by atomic mass is 32.1. The number of carbonyl (C=O) groups is 2. The van der Waals surface area contributed by atoms with Gasteiger partial charge in [0.15, 0.2) is 5.11 Å². The SMILES string of the molecule is CCC(C)Oc1cccc(C(=O)NC(=S)Nc2ccccc2C(=O)Nc2ccc(Nc3ccccc3)cc2)c1. The summed E-state index contributed by atoms with van der Waals surface area (Å²) in [5.74, 6) is -0.0825. The van der Waals surface area contributed by atoms with Crippen LogP contribution in [0.25, 0.3) is 0 Å². The lowest BCUT2D eigenvalue weighted by molar-refractivity contribution is 0.0975. The molecule has 0 aliphatic carbocycles. The van der Waals surface area contributed by atoms with E-state index in [4.69, 9.17) is 17.0 Å². The maximum Gasteiger partial charge on any atom is 0.257 e. The molecule has 0 aromatic heterocycles. The maximum atomic E-state index is 13.1. The fourth-order valence-corrected chi connectivity index (χ4v) is 3.87. The second-order valence-electron chi connectivity index (χ2n) is 8.84. The summed E-state index contributed by atoms with van der Waals surface area (Å²) in [4.78, 5) is 25.9. The normalized spacial score (nSPS) is 11.1. The summed E-state index contributed by atoms with van der Waals surface area (Å²) < 4.78 is 5.80. The largest absolute Gasteiger partial charge is 0.491 e. The molecule has 39 heavy (non-hydrogen) atoms. The molecular formula is C31H30N4O3S. The number of benzene rings is 4. The first-order valence-corrected chi connectivity index (χ1v) is 13.0. The van der Waals surface area contributed by atoms with Crippen LogP contribution >= 0.6 is 12.2 Å². The van der Waals surface area contributed by atoms with E-state index in [1.165, 1.54) is 0 Å². The molecule has 7 nitrogen and oxygen atoms in total. The monoisotopic (exact) mass is 538 g/mol. The third kappa shape index (κ3) is 7.90. The Balaban J connectivity index is 1.37. The number of ether oxygens (including phenoxy) is 1. The molecular weight excluding hydrogens is 508 g/mol. The minimum atomic E-state index is -0.381. The lowest BCUT2D eigenvalue weighted by atomic mass is 10.1. The molecule has 4 rings (SSSR count). The molecule has 0 fully saturated rings. The van der Waals surface area contributed by atoms with Crippen molar-refractivity contribution in [2.75, 3.05) is 16.0 Å². The second kappa shape index (κ2) is 13.2. The van der Waals surface area contributed by atoms with Crippen molar-refractivity contribution < 1.29 is 14.3 Å². The molecule has 1 atom stereocenters. The van der Waals surface area contributed by atoms with Crippen LogP contribution in [0.15, 0.2) is 103 Å². The molecule has 198 valence electrons. The van der Waals surface area contributed by atoms with Gasteiger partial charge in [0, 0.05) is 22.6 Å². The van der Waals surface area contributed by atoms with Crippen LogP contribution in [-0.4, -0.2) is 23.0 Å². The van der Waals surface area contributed by atoms with E-state index in [1.807, 2.05) is 74.5 Å². The molecule has 4 aromatic carbocycles. The first kappa shape index (κ1) is 27.3. The number of thiocarbonyl (C=S) groups is 1. The summed E-state index contributed by atoms with van der Waals surface area (Å²) in [6.45, 7) is 4.00. The zero-order valence-corrected chi connectivity index (χ0v) is 22.5. The van der Waals surface area contributed by atoms with Gasteiger partial charge in [-0.25, -0.2) is 0 Å². The molecule has 0 aliphatic rings. The van der Waals surface area contributed by atoms with Crippen LogP contribution < -0.4 is 26.0 Å². The Morgan fingerprint density at radius 1 is 0.769 bits per heavy atom. The van der Waals surface area contributed by atoms with Gasteiger partial charge >= 0.3 is 0 Å². The van der Waals surface area contributed by atoms with Crippen molar-refractivity contribution in [2.45, 2.75) is 26.4 Å². The van der Waals surface area contributed by atoms with Gasteiger partial charge in [-0.2, -0.15) is 0 Å². The molecule has 0 saturated heterocycles. The van der Waals surface area contributed by atoms with Crippen LogP contribution in [0.3, 0.4) is 0 Å². The molecule has 4 aromatic rings. The predicted octanol–water partition coefficient (Wildman–Crippen LogP) is 6.99. The molecule has 2 amide bonds. The van der Waals surface area contributed by atoms with Crippen molar-refractivity contribution in [1.82, 2.24) is 5.32 Å². The summed E-state index contributed by atoms with van der Waals surface area (Å²) in [5.41, 5.74) is 3.78. The van der Waals surface area contributed by atoms with Crippen LogP contribution in [0.2, 0.25) is 0 Å². The zero-order chi connectivity index (χ0) is 27.6. The Bertz CT molecular complexity index is 1440. The van der Waals surface area contributed by atoms with E-state index >= 15 is 0 Å². The number of hydrogen-bond acceptors (Lipinski definition) is 5. The molecule has 0 spiro atoms. The quantitative estimate of drug-likeness (QED) is 0.172. The molecule has 0 heterocycles. The first-order valence-electron chi connectivity index (χ1n) is 12.6. The van der Waals surface area contributed by atoms with Crippen molar-refractivity contribution in [3.05, 3.63) is 114 Å². The highest BCUT2D eigenvalue weighted by molar-refractivity contribution is 7.80. The molecule has 1 unspecified atom stereocenters. The highest BCUT2D eigenvalue weighted by Gasteiger charge is 2.15. The van der Waals surface area contributed by atoms with Crippen LogP contribution in [0.4, 0.5) is 22.7 Å². The number of para-hydroxylation sites is 2. The van der Waals surface area contributed by atoms with E-state index in [0.29, 0.717) is 28.3 Å². The van der Waals surface area contributed by atoms with Gasteiger partial charge in [-0.3, -0.25) is 14.9 Å². The minimum Gasteiger partial charge on any atom is -0.491 e. The average molecular weight is 539 g/mol. The zero-order valence-electron chi connectivity index (χ0n) is 21.7. The molecule has 0 saturated carbocycles. The van der Waals surface area contributed by atoms with Gasteiger partial charge in [-0.15, -0.1) is 0 Å². The maximum absolute atomic E-state index is 13.1. The van der Waals surface area contributed by atoms with Gasteiger partial charge in [-0.1, -0.05) is 43.3 Å². The summed E-state index contributed by atoms with van der Waals surface area (Å²) in [7, 11) is 0. The van der Waals surface area contributed by atoms with Gasteiger partial charge in [0.2, 0.25) is 0 Å². The Labute approximate surface area is 233 Å². The summed E-state index contributed by atoms with van der Waals surface area (Å²) >= 11 is 5.36. The van der Waals surface area contributed by atoms with Crippen molar-refractivity contribution >= 4 is 51.9 Å².